The van der Waals surface area contributed by atoms with Crippen LogP contribution in [0.5, 0.6) is 0 Å². The quantitative estimate of drug-likeness (QED) is 0.260. The number of hydrogen-bond acceptors (Lipinski definition) is 7. The molecule has 52 heavy (non-hydrogen) atoms. The zero-order valence-corrected chi connectivity index (χ0v) is 30.0. The summed E-state index contributed by atoms with van der Waals surface area (Å²) in [5, 5.41) is 12.6. The Labute approximate surface area is 303 Å². The number of hydrogen-bond donors (Lipinski definition) is 2. The Morgan fingerprint density at radius 3 is 2.38 bits per heavy atom. The number of ketones is 1. The topological polar surface area (TPSA) is 116 Å². The third kappa shape index (κ3) is 5.84. The minimum atomic E-state index is -0.513. The fraction of sp³-hybridized carbons (Fsp3) is 0.415. The molecule has 0 atom stereocenters. The summed E-state index contributed by atoms with van der Waals surface area (Å²) < 4.78 is 15.2. The maximum atomic E-state index is 15.2. The number of piperazine rings is 1. The molecule has 3 aromatic carbocycles. The van der Waals surface area contributed by atoms with Crippen LogP contribution in [0.25, 0.3) is 10.9 Å². The molecule has 3 fully saturated rings. The van der Waals surface area contributed by atoms with Gasteiger partial charge in [0.15, 0.2) is 5.78 Å². The van der Waals surface area contributed by atoms with Gasteiger partial charge in [-0.05, 0) is 66.8 Å². The van der Waals surface area contributed by atoms with Crippen molar-refractivity contribution in [1.29, 1.82) is 5.26 Å². The molecule has 3 aliphatic heterocycles. The second kappa shape index (κ2) is 13.2. The van der Waals surface area contributed by atoms with Crippen LogP contribution in [0.4, 0.5) is 20.6 Å². The summed E-state index contributed by atoms with van der Waals surface area (Å²) in [6.45, 7) is 12.8. The fourth-order valence-corrected chi connectivity index (χ4v) is 8.80. The summed E-state index contributed by atoms with van der Waals surface area (Å²) in [6, 6.07) is 17.0. The number of nitrogens with zero attached hydrogens (tertiary/aromatic N) is 5. The number of fused-ring (bicyclic) bond motifs is 4. The van der Waals surface area contributed by atoms with Gasteiger partial charge in [0.2, 0.25) is 5.91 Å². The van der Waals surface area contributed by atoms with Gasteiger partial charge in [0.1, 0.15) is 5.82 Å². The van der Waals surface area contributed by atoms with Crippen LogP contribution in [0, 0.1) is 17.1 Å². The van der Waals surface area contributed by atoms with E-state index in [2.05, 4.69) is 64.0 Å². The molecular weight excluding hydrogens is 657 g/mol. The van der Waals surface area contributed by atoms with Crippen molar-refractivity contribution in [3.63, 3.8) is 0 Å². The lowest BCUT2D eigenvalue weighted by atomic mass is 9.70. The SMILES string of the molecule is CCc1cc2c(cc1N1CCC(N3CCN(Cc4ccc(N5CCC(=O)NC5=O)cc4F)CC3)CC1)C(C)(C)c1[nH]c3cc(C#N)ccc3c1C2=O. The van der Waals surface area contributed by atoms with Crippen molar-refractivity contribution >= 4 is 40.0 Å². The second-order valence-corrected chi connectivity index (χ2v) is 15.1. The third-order valence-electron chi connectivity index (χ3n) is 11.8. The maximum absolute atomic E-state index is 15.2. The van der Waals surface area contributed by atoms with Gasteiger partial charge in [-0.2, -0.15) is 5.26 Å². The molecule has 0 radical (unpaired) electrons. The Bertz CT molecular complexity index is 2150. The Kier molecular flexibility index (Phi) is 8.63. The molecular formula is C41H44FN7O3. The minimum Gasteiger partial charge on any atom is -0.371 e. The molecule has 3 amide bonds. The van der Waals surface area contributed by atoms with Crippen LogP contribution in [0.2, 0.25) is 0 Å². The molecule has 1 aliphatic carbocycles. The number of nitrogens with one attached hydrogen (secondary N) is 2. The van der Waals surface area contributed by atoms with Crippen molar-refractivity contribution in [2.45, 2.75) is 64.5 Å². The van der Waals surface area contributed by atoms with Crippen molar-refractivity contribution < 1.29 is 18.8 Å². The zero-order chi connectivity index (χ0) is 36.3. The summed E-state index contributed by atoms with van der Waals surface area (Å²) >= 11 is 0. The van der Waals surface area contributed by atoms with E-state index >= 15 is 4.39 Å². The van der Waals surface area contributed by atoms with Gasteiger partial charge in [-0.15, -0.1) is 0 Å². The van der Waals surface area contributed by atoms with E-state index < -0.39 is 11.4 Å². The molecule has 8 rings (SSSR count). The average molecular weight is 702 g/mol. The standard InChI is InChI=1S/C41H44FN7O3/c1-4-26-20-31-32(41(2,3)39-37(38(31)51)30-8-5-25(23-43)19-34(30)44-39)22-35(26)48-12-9-28(10-13-48)47-17-15-46(16-18-47)24-27-6-7-29(21-33(27)42)49-14-11-36(50)45-40(49)52/h5-8,19-22,28,44H,4,9-18,24H2,1-3H3,(H,45,50,52). The third-order valence-corrected chi connectivity index (χ3v) is 11.8. The van der Waals surface area contributed by atoms with Gasteiger partial charge in [0, 0.05) is 109 Å². The first kappa shape index (κ1) is 34.1. The van der Waals surface area contributed by atoms with Gasteiger partial charge in [-0.25, -0.2) is 9.18 Å². The van der Waals surface area contributed by atoms with E-state index in [0.717, 1.165) is 91.8 Å². The number of nitriles is 1. The van der Waals surface area contributed by atoms with Crippen molar-refractivity contribution in [2.24, 2.45) is 0 Å². The predicted molar refractivity (Wildman–Crippen MR) is 198 cm³/mol. The van der Waals surface area contributed by atoms with Crippen LogP contribution >= 0.6 is 0 Å². The fourth-order valence-electron chi connectivity index (χ4n) is 8.80. The van der Waals surface area contributed by atoms with Crippen LogP contribution < -0.4 is 15.1 Å². The van der Waals surface area contributed by atoms with Gasteiger partial charge >= 0.3 is 6.03 Å². The van der Waals surface area contributed by atoms with Crippen molar-refractivity contribution in [3.8, 4) is 6.07 Å². The highest BCUT2D eigenvalue weighted by molar-refractivity contribution is 6.20. The first-order valence-corrected chi connectivity index (χ1v) is 18.4. The van der Waals surface area contributed by atoms with Gasteiger partial charge < -0.3 is 9.88 Å². The lowest BCUT2D eigenvalue weighted by molar-refractivity contribution is -0.120. The summed E-state index contributed by atoms with van der Waals surface area (Å²) in [4.78, 5) is 50.1. The lowest BCUT2D eigenvalue weighted by Gasteiger charge is -2.44. The predicted octanol–water partition coefficient (Wildman–Crippen LogP) is 5.84. The first-order valence-electron chi connectivity index (χ1n) is 18.4. The number of halogens is 1. The highest BCUT2D eigenvalue weighted by atomic mass is 19.1. The number of amides is 3. The normalized spacial score (nSPS) is 19.8. The molecule has 0 unspecified atom stereocenters. The van der Waals surface area contributed by atoms with Crippen LogP contribution in [-0.2, 0) is 23.2 Å². The Morgan fingerprint density at radius 1 is 0.923 bits per heavy atom. The van der Waals surface area contributed by atoms with E-state index in [-0.39, 0.29) is 30.5 Å². The number of rotatable bonds is 6. The molecule has 2 N–H and O–H groups in total. The van der Waals surface area contributed by atoms with E-state index in [1.54, 1.807) is 18.2 Å². The zero-order valence-electron chi connectivity index (χ0n) is 30.0. The largest absolute Gasteiger partial charge is 0.371 e. The minimum absolute atomic E-state index is 0.0457. The number of imide groups is 1. The number of aromatic amines is 1. The number of H-pyrrole nitrogens is 1. The highest BCUT2D eigenvalue weighted by Crippen LogP contribution is 2.46. The van der Waals surface area contributed by atoms with Crippen LogP contribution in [-0.4, -0.2) is 84.4 Å². The number of anilines is 2. The molecule has 268 valence electrons. The van der Waals surface area contributed by atoms with E-state index in [1.807, 2.05) is 12.1 Å². The molecule has 11 heteroatoms. The number of aryl methyl sites for hydroxylation is 1. The summed E-state index contributed by atoms with van der Waals surface area (Å²) in [7, 11) is 0. The monoisotopic (exact) mass is 701 g/mol. The van der Waals surface area contributed by atoms with Crippen LogP contribution in [0.3, 0.4) is 0 Å². The molecule has 10 nitrogen and oxygen atoms in total. The van der Waals surface area contributed by atoms with Gasteiger partial charge in [0.05, 0.1) is 17.2 Å². The molecule has 4 aromatic rings. The summed E-state index contributed by atoms with van der Waals surface area (Å²) in [6.07, 6.45) is 3.15. The van der Waals surface area contributed by atoms with Crippen LogP contribution in [0.1, 0.15) is 83.9 Å². The first-order chi connectivity index (χ1) is 25.0. The molecule has 1 aromatic heterocycles. The summed E-state index contributed by atoms with van der Waals surface area (Å²) in [5.74, 6) is -0.603. The average Bonchev–Trinajstić information content (AvgIpc) is 3.55. The Morgan fingerprint density at radius 2 is 1.69 bits per heavy atom. The van der Waals surface area contributed by atoms with Crippen molar-refractivity contribution in [1.82, 2.24) is 20.1 Å². The number of aromatic nitrogens is 1. The van der Waals surface area contributed by atoms with E-state index in [9.17, 15) is 19.6 Å². The van der Waals surface area contributed by atoms with E-state index in [1.165, 1.54) is 22.2 Å². The van der Waals surface area contributed by atoms with Gasteiger partial charge in [-0.1, -0.05) is 32.9 Å². The second-order valence-electron chi connectivity index (χ2n) is 15.1. The molecule has 0 bridgehead atoms. The smallest absolute Gasteiger partial charge is 0.328 e. The molecule has 0 saturated carbocycles. The Balaban J connectivity index is 0.912. The molecule has 0 spiro atoms. The number of urea groups is 1. The molecule has 4 heterocycles. The maximum Gasteiger partial charge on any atom is 0.328 e. The van der Waals surface area contributed by atoms with Gasteiger partial charge in [0.25, 0.3) is 0 Å². The van der Waals surface area contributed by atoms with E-state index in [0.29, 0.717) is 29.4 Å². The molecule has 3 saturated heterocycles. The number of carbonyl (C=O) groups excluding carboxylic acids is 3. The molecule has 4 aliphatic rings. The van der Waals surface area contributed by atoms with Gasteiger partial charge in [-0.3, -0.25) is 29.6 Å². The lowest BCUT2D eigenvalue weighted by Crippen LogP contribution is -2.53. The van der Waals surface area contributed by atoms with Crippen LogP contribution in [0.15, 0.2) is 48.5 Å². The number of carbonyl (C=O) groups is 3. The Hall–Kier alpha value is -5.05. The van der Waals surface area contributed by atoms with E-state index in [4.69, 9.17) is 0 Å². The van der Waals surface area contributed by atoms with Crippen molar-refractivity contribution in [3.05, 3.63) is 93.4 Å². The summed E-state index contributed by atoms with van der Waals surface area (Å²) in [5.41, 5.74) is 7.91. The number of benzene rings is 3. The number of piperidine rings is 1. The van der Waals surface area contributed by atoms with Crippen molar-refractivity contribution in [2.75, 3.05) is 55.6 Å². The highest BCUT2D eigenvalue weighted by Gasteiger charge is 2.41.